The smallest absolute Gasteiger partial charge is 0.335 e. The van der Waals surface area contributed by atoms with E-state index in [0.29, 0.717) is 19.3 Å². The van der Waals surface area contributed by atoms with Crippen LogP contribution in [0.1, 0.15) is 290 Å². The quantitative estimate of drug-likeness (QED) is 0.0228. The second-order valence-electron chi connectivity index (χ2n) is 20.6. The molecule has 0 aromatic carbocycles. The van der Waals surface area contributed by atoms with Gasteiger partial charge in [0.1, 0.15) is 18.8 Å². The zero-order valence-corrected chi connectivity index (χ0v) is 45.7. The van der Waals surface area contributed by atoms with Crippen molar-refractivity contribution in [2.75, 3.05) is 13.2 Å². The van der Waals surface area contributed by atoms with Crippen LogP contribution in [0.2, 0.25) is 0 Å². The average molecular weight is 1010 g/mol. The number of allylic oxidation sites excluding steroid dienone is 2. The minimum atomic E-state index is -1.90. The van der Waals surface area contributed by atoms with Crippen LogP contribution in [0.25, 0.3) is 0 Å². The Hall–Kier alpha value is -2.54. The molecule has 1 saturated heterocycles. The monoisotopic (exact) mass is 1010 g/mol. The van der Waals surface area contributed by atoms with Gasteiger partial charge in [-0.2, -0.15) is 0 Å². The number of aliphatic hydroxyl groups excluding tert-OH is 2. The van der Waals surface area contributed by atoms with Crippen molar-refractivity contribution in [3.63, 3.8) is 0 Å². The summed E-state index contributed by atoms with van der Waals surface area (Å²) in [5, 5.41) is 31.4. The Kier molecular flexibility index (Phi) is 45.3. The number of unbranched alkanes of at least 4 members (excludes halogenated alkanes) is 35. The maximum Gasteiger partial charge on any atom is 0.335 e. The number of carboxylic acids is 1. The fraction of sp³-hybridized carbons (Fsp3) is 0.898. The molecule has 0 aliphatic carbocycles. The van der Waals surface area contributed by atoms with Crippen LogP contribution < -0.4 is 0 Å². The molecular weight excluding hydrogens is 901 g/mol. The lowest BCUT2D eigenvalue weighted by Gasteiger charge is -2.40. The van der Waals surface area contributed by atoms with Crippen molar-refractivity contribution in [2.45, 2.75) is 327 Å². The van der Waals surface area contributed by atoms with Crippen molar-refractivity contribution in [3.8, 4) is 0 Å². The van der Waals surface area contributed by atoms with Crippen molar-refractivity contribution in [3.05, 3.63) is 12.2 Å². The van der Waals surface area contributed by atoms with E-state index in [1.54, 1.807) is 0 Å². The lowest BCUT2D eigenvalue weighted by atomic mass is 9.98. The first-order valence-electron chi connectivity index (χ1n) is 29.7. The summed E-state index contributed by atoms with van der Waals surface area (Å²) in [6.07, 6.45) is 40.4. The molecule has 1 rings (SSSR count). The summed E-state index contributed by atoms with van der Waals surface area (Å²) < 4.78 is 28.4. The minimum Gasteiger partial charge on any atom is -0.479 e. The molecule has 3 N–H and O–H groups in total. The molecule has 0 aromatic rings. The standard InChI is InChI=1S/C59H108O12/c1-4-7-10-13-16-19-22-24-26-28-31-33-36-39-42-45-51(60)67-48-50(69-52(61)46-43-40-37-34-30-21-18-15-12-9-6-3)49-68-59-57(55(64)54(63)56(71-59)58(65)66)70-53(62)47-44-41-38-35-32-29-27-25-23-20-17-14-11-8-5-2/h15,18,50,54-57,59,63-64H,4-14,16-17,19-49H2,1-3H3,(H,65,66)/b18-15-. The molecule has 0 radical (unpaired) electrons. The molecular formula is C59H108O12. The first kappa shape index (κ1) is 66.5. The summed E-state index contributed by atoms with van der Waals surface area (Å²) >= 11 is 0. The molecule has 0 bridgehead atoms. The summed E-state index contributed by atoms with van der Waals surface area (Å²) in [5.74, 6) is -3.09. The fourth-order valence-electron chi connectivity index (χ4n) is 9.23. The van der Waals surface area contributed by atoms with Crippen molar-refractivity contribution in [1.29, 1.82) is 0 Å². The minimum absolute atomic E-state index is 0.0678. The maximum absolute atomic E-state index is 13.1. The number of carbonyl (C=O) groups excluding carboxylic acids is 3. The van der Waals surface area contributed by atoms with Crippen LogP contribution in [-0.4, -0.2) is 89.2 Å². The summed E-state index contributed by atoms with van der Waals surface area (Å²) in [7, 11) is 0. The summed E-state index contributed by atoms with van der Waals surface area (Å²) in [5.41, 5.74) is 0. The van der Waals surface area contributed by atoms with Crippen LogP contribution in [-0.2, 0) is 42.9 Å². The summed E-state index contributed by atoms with van der Waals surface area (Å²) in [6, 6.07) is 0. The molecule has 1 aliphatic heterocycles. The molecule has 0 amide bonds. The molecule has 416 valence electrons. The van der Waals surface area contributed by atoms with Gasteiger partial charge in [0.15, 0.2) is 24.6 Å². The molecule has 6 atom stereocenters. The van der Waals surface area contributed by atoms with E-state index in [9.17, 15) is 34.5 Å². The van der Waals surface area contributed by atoms with Gasteiger partial charge in [-0.3, -0.25) is 14.4 Å². The lowest BCUT2D eigenvalue weighted by Crippen LogP contribution is -2.61. The van der Waals surface area contributed by atoms with Crippen LogP contribution in [0.15, 0.2) is 12.2 Å². The molecule has 0 aromatic heterocycles. The van der Waals surface area contributed by atoms with Crippen LogP contribution in [0.3, 0.4) is 0 Å². The maximum atomic E-state index is 13.1. The van der Waals surface area contributed by atoms with Gasteiger partial charge in [-0.05, 0) is 38.5 Å². The van der Waals surface area contributed by atoms with Gasteiger partial charge >= 0.3 is 23.9 Å². The van der Waals surface area contributed by atoms with E-state index in [1.807, 2.05) is 0 Å². The van der Waals surface area contributed by atoms with Crippen molar-refractivity contribution in [2.24, 2.45) is 0 Å². The summed E-state index contributed by atoms with van der Waals surface area (Å²) in [4.78, 5) is 51.0. The van der Waals surface area contributed by atoms with Gasteiger partial charge in [0, 0.05) is 19.3 Å². The predicted molar refractivity (Wildman–Crippen MR) is 285 cm³/mol. The largest absolute Gasteiger partial charge is 0.479 e. The summed E-state index contributed by atoms with van der Waals surface area (Å²) in [6.45, 7) is 5.98. The SMILES string of the molecule is CCCC/C=C\CCCCCCCC(=O)OC(COC(=O)CCCCCCCCCCCCCCCCC)COC1OC(C(=O)O)C(O)C(O)C1OC(=O)CCCCCCCCCCCCCCCCC. The van der Waals surface area contributed by atoms with Gasteiger partial charge in [0.05, 0.1) is 6.61 Å². The van der Waals surface area contributed by atoms with E-state index < -0.39 is 67.3 Å². The molecule has 71 heavy (non-hydrogen) atoms. The molecule has 1 heterocycles. The van der Waals surface area contributed by atoms with Crippen LogP contribution in [0.4, 0.5) is 0 Å². The predicted octanol–water partition coefficient (Wildman–Crippen LogP) is 14.9. The Morgan fingerprint density at radius 1 is 0.451 bits per heavy atom. The highest BCUT2D eigenvalue weighted by atomic mass is 16.7. The molecule has 12 heteroatoms. The van der Waals surface area contributed by atoms with Crippen molar-refractivity contribution >= 4 is 23.9 Å². The van der Waals surface area contributed by atoms with Gasteiger partial charge in [-0.1, -0.05) is 245 Å². The Morgan fingerprint density at radius 2 is 0.817 bits per heavy atom. The number of ether oxygens (including phenoxy) is 5. The highest BCUT2D eigenvalue weighted by molar-refractivity contribution is 5.74. The first-order chi connectivity index (χ1) is 34.6. The number of aliphatic carboxylic acids is 1. The average Bonchev–Trinajstić information content (AvgIpc) is 3.35. The Morgan fingerprint density at radius 3 is 1.24 bits per heavy atom. The van der Waals surface area contributed by atoms with Crippen molar-refractivity contribution in [1.82, 2.24) is 0 Å². The molecule has 1 aliphatic rings. The number of hydrogen-bond acceptors (Lipinski definition) is 11. The van der Waals surface area contributed by atoms with Crippen LogP contribution in [0.5, 0.6) is 0 Å². The Bertz CT molecular complexity index is 1290. The number of rotatable bonds is 51. The highest BCUT2D eigenvalue weighted by Gasteiger charge is 2.50. The third-order valence-corrected chi connectivity index (χ3v) is 13.8. The third kappa shape index (κ3) is 38.7. The van der Waals surface area contributed by atoms with Crippen LogP contribution in [0, 0.1) is 0 Å². The molecule has 12 nitrogen and oxygen atoms in total. The number of hydrogen-bond donors (Lipinski definition) is 3. The van der Waals surface area contributed by atoms with Gasteiger partial charge in [-0.15, -0.1) is 0 Å². The zero-order valence-electron chi connectivity index (χ0n) is 45.7. The number of carbonyl (C=O) groups is 4. The normalized spacial score (nSPS) is 18.5. The van der Waals surface area contributed by atoms with Gasteiger partial charge in [-0.25, -0.2) is 4.79 Å². The second-order valence-corrected chi connectivity index (χ2v) is 20.6. The fourth-order valence-corrected chi connectivity index (χ4v) is 9.23. The number of carboxylic acid groups (broad SMARTS) is 1. The van der Waals surface area contributed by atoms with Gasteiger partial charge in [0.2, 0.25) is 0 Å². The van der Waals surface area contributed by atoms with Gasteiger partial charge < -0.3 is 39.0 Å². The van der Waals surface area contributed by atoms with E-state index in [4.69, 9.17) is 23.7 Å². The molecule has 6 unspecified atom stereocenters. The number of aliphatic hydroxyl groups is 2. The van der Waals surface area contributed by atoms with Gasteiger partial charge in [0.25, 0.3) is 0 Å². The topological polar surface area (TPSA) is 175 Å². The van der Waals surface area contributed by atoms with E-state index in [2.05, 4.69) is 32.9 Å². The second kappa shape index (κ2) is 48.4. The zero-order chi connectivity index (χ0) is 51.8. The molecule has 0 spiro atoms. The Balaban J connectivity index is 2.66. The molecule has 1 fully saturated rings. The van der Waals surface area contributed by atoms with E-state index in [-0.39, 0.29) is 25.9 Å². The Labute approximate surface area is 433 Å². The number of esters is 3. The van der Waals surface area contributed by atoms with E-state index in [1.165, 1.54) is 154 Å². The molecule has 0 saturated carbocycles. The van der Waals surface area contributed by atoms with Crippen molar-refractivity contribution < 1.29 is 58.2 Å². The lowest BCUT2D eigenvalue weighted by molar-refractivity contribution is -0.301. The first-order valence-corrected chi connectivity index (χ1v) is 29.7. The van der Waals surface area contributed by atoms with E-state index in [0.717, 1.165) is 77.0 Å². The van der Waals surface area contributed by atoms with Crippen LogP contribution >= 0.6 is 0 Å². The highest BCUT2D eigenvalue weighted by Crippen LogP contribution is 2.27. The third-order valence-electron chi connectivity index (χ3n) is 13.8. The van der Waals surface area contributed by atoms with E-state index >= 15 is 0 Å².